The normalized spacial score (nSPS) is 21.3. The fraction of sp³-hybridized carbons (Fsp3) is 0.409. The van der Waals surface area contributed by atoms with Gasteiger partial charge in [-0.1, -0.05) is 58.0 Å². The molecule has 6 rings (SSSR count). The van der Waals surface area contributed by atoms with E-state index in [9.17, 15) is 28.8 Å². The number of aromatic nitrogens is 4. The first kappa shape index (κ1) is 43.8. The van der Waals surface area contributed by atoms with Gasteiger partial charge < -0.3 is 41.2 Å². The highest BCUT2D eigenvalue weighted by Gasteiger charge is 2.34. The number of hydrogen-bond acceptors (Lipinski definition) is 9. The lowest BCUT2D eigenvalue weighted by Crippen LogP contribution is -2.60. The summed E-state index contributed by atoms with van der Waals surface area (Å²) in [5.74, 6) is -3.13. The third-order valence-corrected chi connectivity index (χ3v) is 10.7. The first-order valence-corrected chi connectivity index (χ1v) is 20.5. The monoisotopic (exact) mass is 834 g/mol. The van der Waals surface area contributed by atoms with Crippen LogP contribution in [0.2, 0.25) is 0 Å². The molecule has 0 aliphatic carbocycles. The highest BCUT2D eigenvalue weighted by Crippen LogP contribution is 2.20. The van der Waals surface area contributed by atoms with Gasteiger partial charge in [0.15, 0.2) is 0 Å². The maximum Gasteiger partial charge on any atom is 0.274 e. The van der Waals surface area contributed by atoms with E-state index in [-0.39, 0.29) is 49.1 Å². The van der Waals surface area contributed by atoms with Crippen molar-refractivity contribution in [2.75, 3.05) is 20.2 Å². The molecule has 5 aromatic rings. The number of rotatable bonds is 9. The van der Waals surface area contributed by atoms with E-state index >= 15 is 0 Å². The van der Waals surface area contributed by atoms with Crippen molar-refractivity contribution in [2.24, 2.45) is 11.8 Å². The van der Waals surface area contributed by atoms with Crippen LogP contribution in [0.15, 0.2) is 79.4 Å². The summed E-state index contributed by atoms with van der Waals surface area (Å²) in [4.78, 5) is 98.1. The van der Waals surface area contributed by atoms with E-state index in [4.69, 9.17) is 4.74 Å². The average Bonchev–Trinajstić information content (AvgIpc) is 3.86. The summed E-state index contributed by atoms with van der Waals surface area (Å²) < 4.78 is 6.87. The Hall–Kier alpha value is -6.78. The molecule has 1 saturated heterocycles. The lowest BCUT2D eigenvalue weighted by Gasteiger charge is -2.32. The van der Waals surface area contributed by atoms with E-state index in [1.54, 1.807) is 60.4 Å². The number of aromatic amines is 1. The van der Waals surface area contributed by atoms with Crippen molar-refractivity contribution in [2.45, 2.75) is 84.1 Å². The molecule has 5 atom stereocenters. The van der Waals surface area contributed by atoms with Crippen LogP contribution in [0.3, 0.4) is 0 Å². The molecule has 0 saturated carbocycles. The molecule has 17 nitrogen and oxygen atoms in total. The van der Waals surface area contributed by atoms with Crippen LogP contribution in [-0.4, -0.2) is 110 Å². The van der Waals surface area contributed by atoms with E-state index in [0.29, 0.717) is 11.3 Å². The van der Waals surface area contributed by atoms with E-state index in [0.717, 1.165) is 16.5 Å². The predicted octanol–water partition coefficient (Wildman–Crippen LogP) is 2.31. The van der Waals surface area contributed by atoms with Crippen LogP contribution in [0, 0.1) is 11.8 Å². The number of nitrogens with zero attached hydrogens (tertiary/aromatic N) is 4. The Balaban J connectivity index is 1.38. The molecule has 17 heteroatoms. The van der Waals surface area contributed by atoms with Gasteiger partial charge in [0.05, 0.1) is 13.7 Å². The fourth-order valence-electron chi connectivity index (χ4n) is 7.26. The van der Waals surface area contributed by atoms with E-state index in [1.165, 1.54) is 18.0 Å². The Morgan fingerprint density at radius 1 is 0.820 bits per heavy atom. The van der Waals surface area contributed by atoms with E-state index < -0.39 is 72.2 Å². The fourth-order valence-corrected chi connectivity index (χ4v) is 7.26. The molecule has 0 radical (unpaired) electrons. The summed E-state index contributed by atoms with van der Waals surface area (Å²) in [6.07, 6.45) is 6.79. The quantitative estimate of drug-likeness (QED) is 0.128. The van der Waals surface area contributed by atoms with Crippen molar-refractivity contribution in [3.63, 3.8) is 0 Å². The lowest BCUT2D eigenvalue weighted by atomic mass is 9.99. The summed E-state index contributed by atoms with van der Waals surface area (Å²) in [6, 6.07) is 11.0. The molecule has 1 aliphatic rings. The van der Waals surface area contributed by atoms with Gasteiger partial charge in [-0.2, -0.15) is 0 Å². The maximum atomic E-state index is 14.5. The topological polar surface area (TPSA) is 221 Å². The zero-order valence-electron chi connectivity index (χ0n) is 35.2. The molecule has 0 unspecified atom stereocenters. The highest BCUT2D eigenvalue weighted by molar-refractivity contribution is 5.98. The lowest BCUT2D eigenvalue weighted by molar-refractivity contribution is -0.135. The van der Waals surface area contributed by atoms with Crippen LogP contribution >= 0.6 is 0 Å². The first-order chi connectivity index (χ1) is 29.2. The van der Waals surface area contributed by atoms with Crippen LogP contribution in [0.5, 0.6) is 5.75 Å². The van der Waals surface area contributed by atoms with Crippen molar-refractivity contribution in [3.8, 4) is 5.75 Å². The van der Waals surface area contributed by atoms with Crippen molar-refractivity contribution in [3.05, 3.63) is 96.2 Å². The minimum Gasteiger partial charge on any atom is -0.497 e. The molecular formula is C44H54N10O7. The molecule has 6 N–H and O–H groups in total. The van der Waals surface area contributed by atoms with Crippen LogP contribution in [-0.2, 0) is 36.8 Å². The average molecular weight is 835 g/mol. The molecule has 61 heavy (non-hydrogen) atoms. The van der Waals surface area contributed by atoms with Crippen LogP contribution in [0.25, 0.3) is 16.7 Å². The number of nitrogens with one attached hydrogen (secondary N) is 6. The maximum absolute atomic E-state index is 14.5. The third kappa shape index (κ3) is 11.1. The second-order valence-corrected chi connectivity index (χ2v) is 16.2. The summed E-state index contributed by atoms with van der Waals surface area (Å²) in [6.45, 7) is 8.39. The molecule has 1 aliphatic heterocycles. The number of ether oxygens (including phenoxy) is 1. The van der Waals surface area contributed by atoms with E-state index in [2.05, 4.69) is 41.5 Å². The van der Waals surface area contributed by atoms with Crippen molar-refractivity contribution in [1.82, 2.24) is 50.8 Å². The first-order valence-electron chi connectivity index (χ1n) is 20.5. The van der Waals surface area contributed by atoms with Gasteiger partial charge in [0.1, 0.15) is 35.6 Å². The minimum absolute atomic E-state index is 0.0154. The molecular weight excluding hydrogens is 781 g/mol. The molecule has 6 amide bonds. The van der Waals surface area contributed by atoms with Gasteiger partial charge >= 0.3 is 0 Å². The van der Waals surface area contributed by atoms with Gasteiger partial charge in [-0.25, -0.2) is 9.97 Å². The summed E-state index contributed by atoms with van der Waals surface area (Å²) in [5.41, 5.74) is 2.29. The Labute approximate surface area is 353 Å². The van der Waals surface area contributed by atoms with Gasteiger partial charge in [-0.15, -0.1) is 0 Å². The number of fused-ring (bicyclic) bond motifs is 2. The van der Waals surface area contributed by atoms with Gasteiger partial charge in [0.25, 0.3) is 5.91 Å². The number of hydrogen-bond donors (Lipinski definition) is 6. The van der Waals surface area contributed by atoms with Gasteiger partial charge in [-0.3, -0.25) is 33.2 Å². The summed E-state index contributed by atoms with van der Waals surface area (Å²) in [5, 5.41) is 15.1. The largest absolute Gasteiger partial charge is 0.497 e. The number of H-pyrrole nitrogens is 1. The molecule has 322 valence electrons. The second-order valence-electron chi connectivity index (χ2n) is 16.2. The zero-order valence-corrected chi connectivity index (χ0v) is 35.2. The Bertz CT molecular complexity index is 2340. The molecule has 3 aromatic heterocycles. The van der Waals surface area contributed by atoms with Crippen LogP contribution in [0.4, 0.5) is 0 Å². The number of carbonyl (C=O) groups excluding carboxylic acids is 6. The third-order valence-electron chi connectivity index (χ3n) is 10.7. The van der Waals surface area contributed by atoms with Crippen LogP contribution in [0.1, 0.15) is 62.7 Å². The molecule has 1 fully saturated rings. The number of carbonyl (C=O) groups is 6. The number of benzene rings is 2. The number of imidazole rings is 1. The summed E-state index contributed by atoms with van der Waals surface area (Å²) in [7, 11) is 1.54. The smallest absolute Gasteiger partial charge is 0.274 e. The standard InChI is InChI=1S/C44H54N10O7/c1-25(2)18-33-41(58)50-34(19-28-12-14-30(61-6)15-13-28)40(57)47-27(5)39(56)51-36(26(3)4)22-54(43(60)37-23-53-17-9-16-45-44(53)52-37)24-38(55)48-35(42(59)49-33)20-29-21-46-32-11-8-7-10-31(29)32/h7-17,21,23,25-27,33-36,46H,18-20,22,24H2,1-6H3,(H,47,57)(H,48,55)(H,49,59)(H,50,58)(H,51,56)/t27-,33+,34+,35-,36-/m1/s1. The number of amides is 6. The Morgan fingerprint density at radius 2 is 1.51 bits per heavy atom. The molecule has 4 heterocycles. The van der Waals surface area contributed by atoms with Crippen molar-refractivity contribution in [1.29, 1.82) is 0 Å². The Kier molecular flexibility index (Phi) is 14.0. The number of para-hydroxylation sites is 1. The Morgan fingerprint density at radius 3 is 2.21 bits per heavy atom. The summed E-state index contributed by atoms with van der Waals surface area (Å²) >= 11 is 0. The minimum atomic E-state index is -1.20. The molecule has 0 bridgehead atoms. The molecule has 0 spiro atoms. The van der Waals surface area contributed by atoms with Crippen molar-refractivity contribution < 1.29 is 33.5 Å². The van der Waals surface area contributed by atoms with Gasteiger partial charge in [0.2, 0.25) is 35.3 Å². The van der Waals surface area contributed by atoms with E-state index in [1.807, 2.05) is 52.0 Å². The van der Waals surface area contributed by atoms with Crippen LogP contribution < -0.4 is 31.3 Å². The highest BCUT2D eigenvalue weighted by atomic mass is 16.5. The van der Waals surface area contributed by atoms with Crippen molar-refractivity contribution >= 4 is 52.1 Å². The van der Waals surface area contributed by atoms with Gasteiger partial charge in [-0.05, 0) is 60.6 Å². The predicted molar refractivity (Wildman–Crippen MR) is 227 cm³/mol. The zero-order chi connectivity index (χ0) is 43.8. The SMILES string of the molecule is COc1ccc(C[C@@H]2NC(=O)[C@H](CC(C)C)NC(=O)[C@@H](Cc3c[nH]c4ccccc34)NC(=O)CN(C(=O)c3cn4cccnc4n3)C[C@H](C(C)C)NC(=O)[C@@H](C)NC2=O)cc1. The second kappa shape index (κ2) is 19.5. The molecule has 2 aromatic carbocycles. The van der Waals surface area contributed by atoms with Gasteiger partial charge in [0, 0.05) is 61.1 Å². The number of methoxy groups -OCH3 is 1.